The molecular formula is H4CaCl2NaO4P. The molecule has 0 aromatic rings. The Hall–Kier alpha value is 2.95. The molecule has 3 N–H and O–H groups in total. The first kappa shape index (κ1) is 17.9. The molecule has 0 saturated carbocycles. The number of hydrogen-bond donors (Lipinski definition) is 3. The third-order valence-corrected chi connectivity index (χ3v) is 0. The Kier molecular flexibility index (Phi) is 21.8. The molecule has 0 atom stereocenters. The molecule has 0 aliphatic heterocycles. The maximum atomic E-state index is 8.88. The zero-order chi connectivity index (χ0) is 7.21. The molecule has 0 aliphatic rings. The molecule has 9 heavy (non-hydrogen) atoms. The van der Waals surface area contributed by atoms with E-state index in [4.69, 9.17) is 32.0 Å². The van der Waals surface area contributed by atoms with Crippen LogP contribution in [0.25, 0.3) is 0 Å². The number of rotatable bonds is 0. The first-order chi connectivity index (χ1) is 3.41. The van der Waals surface area contributed by atoms with E-state index in [2.05, 4.69) is 0 Å². The molecule has 0 aromatic carbocycles. The van der Waals surface area contributed by atoms with Crippen LogP contribution in [0.4, 0.5) is 0 Å². The Balaban J connectivity index is -0.0000000800. The van der Waals surface area contributed by atoms with Crippen molar-refractivity contribution in [3.63, 3.8) is 0 Å². The minimum absolute atomic E-state index is 0. The monoisotopic (exact) mass is 232 g/mol. The quantitative estimate of drug-likeness (QED) is 0.386. The maximum absolute atomic E-state index is 8.88. The second-order valence-corrected chi connectivity index (χ2v) is 5.29. The van der Waals surface area contributed by atoms with Gasteiger partial charge in [0.05, 0.1) is 0 Å². The molecule has 0 rings (SSSR count). The van der Waals surface area contributed by atoms with E-state index in [0.29, 0.717) is 0 Å². The molecule has 0 heterocycles. The van der Waals surface area contributed by atoms with E-state index in [1.807, 2.05) is 0 Å². The van der Waals surface area contributed by atoms with Crippen molar-refractivity contribution in [2.24, 2.45) is 0 Å². The Bertz CT molecular complexity index is 74.4. The fourth-order valence-electron chi connectivity index (χ4n) is 0. The molecule has 4 nitrogen and oxygen atoms in total. The normalized spacial score (nSPS) is 7.67. The van der Waals surface area contributed by atoms with Crippen molar-refractivity contribution >= 4 is 81.0 Å². The molecular weight excluding hydrogens is 229 g/mol. The molecule has 0 saturated heterocycles. The van der Waals surface area contributed by atoms with Crippen molar-refractivity contribution in [3.05, 3.63) is 0 Å². The van der Waals surface area contributed by atoms with Gasteiger partial charge in [-0.1, -0.05) is 0 Å². The van der Waals surface area contributed by atoms with E-state index < -0.39 is 38.7 Å². The van der Waals surface area contributed by atoms with E-state index in [9.17, 15) is 0 Å². The zero-order valence-electron chi connectivity index (χ0n) is 3.66. The standard InChI is InChI=1S/Ca.2ClH.Na.H3O4P.H/c;;;;1-5(2,3)4;/h;2*1H;;(H3,1,2,3,4);/q+2;;;;;/p-2. The van der Waals surface area contributed by atoms with Gasteiger partial charge in [-0.25, -0.2) is 4.57 Å². The fourth-order valence-corrected chi connectivity index (χ4v) is 0. The predicted octanol–water partition coefficient (Wildman–Crippen LogP) is -0.579. The topological polar surface area (TPSA) is 77.8 Å². The van der Waals surface area contributed by atoms with Gasteiger partial charge in [0.1, 0.15) is 0 Å². The first-order valence-corrected chi connectivity index (χ1v) is 8.96. The van der Waals surface area contributed by atoms with Crippen molar-refractivity contribution in [2.45, 2.75) is 0 Å². The first-order valence-electron chi connectivity index (χ1n) is 1.32. The van der Waals surface area contributed by atoms with Gasteiger partial charge in [-0.05, 0) is 0 Å². The molecule has 0 bridgehead atoms. The van der Waals surface area contributed by atoms with Crippen LogP contribution in [0.1, 0.15) is 0 Å². The van der Waals surface area contributed by atoms with Crippen molar-refractivity contribution in [2.75, 3.05) is 0 Å². The average Bonchev–Trinajstić information content (AvgIpc) is 1.27. The van der Waals surface area contributed by atoms with E-state index >= 15 is 0 Å². The van der Waals surface area contributed by atoms with Crippen LogP contribution in [-0.2, 0) is 4.57 Å². The van der Waals surface area contributed by atoms with Crippen LogP contribution in [0.2, 0.25) is 0 Å². The van der Waals surface area contributed by atoms with Crippen LogP contribution < -0.4 is 0 Å². The second kappa shape index (κ2) is 10.9. The molecule has 50 valence electrons. The van der Waals surface area contributed by atoms with E-state index in [1.54, 1.807) is 0 Å². The van der Waals surface area contributed by atoms with Gasteiger partial charge in [-0.15, -0.1) is 0 Å². The van der Waals surface area contributed by atoms with Gasteiger partial charge in [0.2, 0.25) is 0 Å². The van der Waals surface area contributed by atoms with Crippen LogP contribution >= 0.6 is 20.6 Å². The number of halogens is 2. The van der Waals surface area contributed by atoms with Gasteiger partial charge >= 0.3 is 81.0 Å². The summed E-state index contributed by atoms with van der Waals surface area (Å²) in [4.78, 5) is 21.6. The SMILES string of the molecule is O=P(O)(O)O.[Cl][Ca][Cl].[NaH]. The molecule has 0 unspecified atom stereocenters. The number of hydrogen-bond acceptors (Lipinski definition) is 1. The van der Waals surface area contributed by atoms with Gasteiger partial charge < -0.3 is 14.7 Å². The summed E-state index contributed by atoms with van der Waals surface area (Å²) in [7, 11) is -4.64. The molecule has 0 aromatic heterocycles. The molecule has 0 amide bonds. The van der Waals surface area contributed by atoms with Crippen molar-refractivity contribution in [3.8, 4) is 0 Å². The van der Waals surface area contributed by atoms with Crippen LogP contribution in [0, 0.1) is 0 Å². The summed E-state index contributed by atoms with van der Waals surface area (Å²) < 4.78 is 8.88. The summed E-state index contributed by atoms with van der Waals surface area (Å²) in [5, 5.41) is 0. The summed E-state index contributed by atoms with van der Waals surface area (Å²) in [6, 6.07) is 0. The van der Waals surface area contributed by atoms with E-state index in [0.717, 1.165) is 0 Å². The third kappa shape index (κ3) is 101. The fraction of sp³-hybridized carbons (Fsp3) is 0. The van der Waals surface area contributed by atoms with Gasteiger partial charge in [-0.2, -0.15) is 0 Å². The molecule has 0 spiro atoms. The van der Waals surface area contributed by atoms with Crippen molar-refractivity contribution in [1.82, 2.24) is 0 Å². The third-order valence-electron chi connectivity index (χ3n) is 0. The predicted molar refractivity (Wildman–Crippen MR) is 38.9 cm³/mol. The van der Waals surface area contributed by atoms with Gasteiger partial charge in [0.25, 0.3) is 0 Å². The Labute approximate surface area is 98.2 Å². The van der Waals surface area contributed by atoms with E-state index in [1.165, 1.54) is 0 Å². The van der Waals surface area contributed by atoms with E-state index in [-0.39, 0.29) is 29.6 Å². The molecule has 0 fully saturated rings. The van der Waals surface area contributed by atoms with Crippen molar-refractivity contribution in [1.29, 1.82) is 0 Å². The summed E-state index contributed by atoms with van der Waals surface area (Å²) in [6.45, 7) is 0. The molecule has 0 aliphatic carbocycles. The van der Waals surface area contributed by atoms with Gasteiger partial charge in [0, 0.05) is 0 Å². The van der Waals surface area contributed by atoms with Crippen LogP contribution in [0.15, 0.2) is 0 Å². The Morgan fingerprint density at radius 1 is 1.22 bits per heavy atom. The van der Waals surface area contributed by atoms with Crippen LogP contribution in [0.3, 0.4) is 0 Å². The Morgan fingerprint density at radius 3 is 1.22 bits per heavy atom. The Morgan fingerprint density at radius 2 is 1.22 bits per heavy atom. The van der Waals surface area contributed by atoms with Crippen molar-refractivity contribution < 1.29 is 19.2 Å². The minimum atomic E-state index is -4.64. The molecule has 0 radical (unpaired) electrons. The summed E-state index contributed by atoms with van der Waals surface area (Å²) in [6.07, 6.45) is 9.90. The number of phosphoric acid groups is 1. The average molecular weight is 233 g/mol. The van der Waals surface area contributed by atoms with Crippen LogP contribution in [-0.4, -0.2) is 75.1 Å². The summed E-state index contributed by atoms with van der Waals surface area (Å²) in [5.74, 6) is 0. The second-order valence-electron chi connectivity index (χ2n) is 0.614. The zero-order valence-corrected chi connectivity index (χ0v) is 8.27. The summed E-state index contributed by atoms with van der Waals surface area (Å²) in [5.41, 5.74) is 0. The molecule has 9 heteroatoms. The van der Waals surface area contributed by atoms with Gasteiger partial charge in [0.15, 0.2) is 0 Å². The van der Waals surface area contributed by atoms with Crippen LogP contribution in [0.5, 0.6) is 0 Å². The summed E-state index contributed by atoms with van der Waals surface area (Å²) >= 11 is -0.931. The van der Waals surface area contributed by atoms with Gasteiger partial charge in [-0.3, -0.25) is 0 Å².